The molecule has 0 spiro atoms. The summed E-state index contributed by atoms with van der Waals surface area (Å²) in [7, 11) is 0. The molecule has 1 saturated heterocycles. The van der Waals surface area contributed by atoms with Crippen molar-refractivity contribution in [1.82, 2.24) is 9.88 Å². The molecule has 0 unspecified atom stereocenters. The van der Waals surface area contributed by atoms with E-state index in [1.807, 2.05) is 30.0 Å². The molecule has 130 valence electrons. The van der Waals surface area contributed by atoms with E-state index in [-0.39, 0.29) is 17.4 Å². The summed E-state index contributed by atoms with van der Waals surface area (Å²) in [6, 6.07) is 5.45. The lowest BCUT2D eigenvalue weighted by Gasteiger charge is -2.29. The van der Waals surface area contributed by atoms with Crippen molar-refractivity contribution in [3.63, 3.8) is 0 Å². The van der Waals surface area contributed by atoms with Gasteiger partial charge in [0, 0.05) is 24.2 Å². The summed E-state index contributed by atoms with van der Waals surface area (Å²) in [5.74, 6) is 0.807. The summed E-state index contributed by atoms with van der Waals surface area (Å²) in [6.07, 6.45) is 0. The minimum Gasteiger partial charge on any atom is -0.440 e. The van der Waals surface area contributed by atoms with Gasteiger partial charge in [-0.15, -0.1) is 0 Å². The summed E-state index contributed by atoms with van der Waals surface area (Å²) in [6.45, 7) is 10.6. The van der Waals surface area contributed by atoms with Crippen LogP contribution in [0.2, 0.25) is 0 Å². The van der Waals surface area contributed by atoms with Crippen LogP contribution in [0.3, 0.4) is 0 Å². The van der Waals surface area contributed by atoms with Gasteiger partial charge < -0.3 is 19.4 Å². The third-order valence-corrected chi connectivity index (χ3v) is 4.11. The third-order valence-electron chi connectivity index (χ3n) is 4.11. The average molecular weight is 331 g/mol. The molecule has 0 saturated carbocycles. The van der Waals surface area contributed by atoms with E-state index in [0.717, 1.165) is 16.8 Å². The molecule has 1 aliphatic rings. The van der Waals surface area contributed by atoms with E-state index < -0.39 is 0 Å². The van der Waals surface area contributed by atoms with E-state index in [4.69, 9.17) is 9.15 Å². The Bertz CT molecular complexity index is 727. The maximum atomic E-state index is 12.5. The molecule has 6 heteroatoms. The number of hydrogen-bond acceptors (Lipinski definition) is 5. The molecule has 1 aromatic carbocycles. The second kappa shape index (κ2) is 6.43. The zero-order valence-electron chi connectivity index (χ0n) is 14.8. The second-order valence-electron chi connectivity index (χ2n) is 7.26. The van der Waals surface area contributed by atoms with Crippen LogP contribution in [0.1, 0.15) is 33.6 Å². The second-order valence-corrected chi connectivity index (χ2v) is 7.26. The molecular formula is C18H25N3O3. The van der Waals surface area contributed by atoms with Crippen LogP contribution in [-0.4, -0.2) is 48.1 Å². The number of anilines is 1. The molecule has 0 aliphatic carbocycles. The van der Waals surface area contributed by atoms with Gasteiger partial charge >= 0.3 is 0 Å². The molecule has 6 nitrogen and oxygen atoms in total. The normalized spacial score (nSPS) is 17.1. The zero-order valence-corrected chi connectivity index (χ0v) is 14.8. The average Bonchev–Trinajstić information content (AvgIpc) is 2.98. The zero-order chi connectivity index (χ0) is 17.3. The number of nitrogens with one attached hydrogen (secondary N) is 1. The lowest BCUT2D eigenvalue weighted by molar-refractivity contribution is -0.135. The Balaban J connectivity index is 1.73. The largest absolute Gasteiger partial charge is 0.440 e. The number of oxazole rings is 1. The van der Waals surface area contributed by atoms with E-state index in [0.29, 0.717) is 32.2 Å². The minimum absolute atomic E-state index is 0.0916. The van der Waals surface area contributed by atoms with Crippen molar-refractivity contribution in [2.45, 2.75) is 39.2 Å². The number of carbonyl (C=O) groups is 1. The van der Waals surface area contributed by atoms with Crippen LogP contribution in [0.4, 0.5) is 5.69 Å². The van der Waals surface area contributed by atoms with E-state index in [1.54, 1.807) is 0 Å². The highest BCUT2D eigenvalue weighted by Gasteiger charge is 2.23. The molecule has 3 rings (SSSR count). The number of nitrogens with zero attached hydrogens (tertiary/aromatic N) is 2. The predicted molar refractivity (Wildman–Crippen MR) is 93.2 cm³/mol. The van der Waals surface area contributed by atoms with E-state index in [2.05, 4.69) is 31.1 Å². The highest BCUT2D eigenvalue weighted by molar-refractivity contribution is 5.85. The highest BCUT2D eigenvalue weighted by atomic mass is 16.5. The highest BCUT2D eigenvalue weighted by Crippen LogP contribution is 2.27. The molecule has 0 bridgehead atoms. The summed E-state index contributed by atoms with van der Waals surface area (Å²) in [5, 5.41) is 3.27. The Morgan fingerprint density at radius 2 is 2.00 bits per heavy atom. The smallest absolute Gasteiger partial charge is 0.244 e. The molecule has 1 aromatic heterocycles. The van der Waals surface area contributed by atoms with Gasteiger partial charge in [0.05, 0.1) is 13.2 Å². The Hall–Kier alpha value is -2.08. The molecule has 24 heavy (non-hydrogen) atoms. The number of morpholine rings is 1. The molecule has 1 aliphatic heterocycles. The van der Waals surface area contributed by atoms with Crippen LogP contribution in [0.25, 0.3) is 11.1 Å². The van der Waals surface area contributed by atoms with Crippen molar-refractivity contribution in [1.29, 1.82) is 0 Å². The van der Waals surface area contributed by atoms with Crippen molar-refractivity contribution in [3.05, 3.63) is 24.1 Å². The van der Waals surface area contributed by atoms with Gasteiger partial charge in [0.15, 0.2) is 5.58 Å². The molecule has 1 amide bonds. The van der Waals surface area contributed by atoms with Gasteiger partial charge in [0.2, 0.25) is 11.8 Å². The fourth-order valence-corrected chi connectivity index (χ4v) is 2.71. The quantitative estimate of drug-likeness (QED) is 0.937. The molecule has 1 N–H and O–H groups in total. The van der Waals surface area contributed by atoms with Gasteiger partial charge in [-0.25, -0.2) is 4.98 Å². The molecular weight excluding hydrogens is 306 g/mol. The Kier molecular flexibility index (Phi) is 4.49. The Labute approximate surface area is 142 Å². The first-order chi connectivity index (χ1) is 11.3. The maximum Gasteiger partial charge on any atom is 0.244 e. The molecule has 1 fully saturated rings. The fraction of sp³-hybridized carbons (Fsp3) is 0.556. The predicted octanol–water partition coefficient (Wildman–Crippen LogP) is 2.78. The Morgan fingerprint density at radius 1 is 1.29 bits per heavy atom. The van der Waals surface area contributed by atoms with Crippen molar-refractivity contribution < 1.29 is 13.9 Å². The first-order valence-electron chi connectivity index (χ1n) is 8.39. The first-order valence-corrected chi connectivity index (χ1v) is 8.39. The number of ether oxygens (including phenoxy) is 1. The first kappa shape index (κ1) is 16.8. The number of amides is 1. The molecule has 1 atom stereocenters. The van der Waals surface area contributed by atoms with Gasteiger partial charge in [-0.2, -0.15) is 0 Å². The number of carbonyl (C=O) groups excluding carboxylic acids is 1. The topological polar surface area (TPSA) is 67.6 Å². The molecule has 0 radical (unpaired) electrons. The lowest BCUT2D eigenvalue weighted by atomic mass is 9.97. The SMILES string of the molecule is C[C@H](Nc1ccc2oc(C(C)(C)C)nc2c1)C(=O)N1CCOCC1. The van der Waals surface area contributed by atoms with Crippen LogP contribution in [0, 0.1) is 0 Å². The van der Waals surface area contributed by atoms with Gasteiger partial charge in [-0.1, -0.05) is 20.8 Å². The van der Waals surface area contributed by atoms with Crippen LogP contribution >= 0.6 is 0 Å². The van der Waals surface area contributed by atoms with Crippen molar-refractivity contribution in [2.24, 2.45) is 0 Å². The van der Waals surface area contributed by atoms with Crippen LogP contribution in [0.5, 0.6) is 0 Å². The van der Waals surface area contributed by atoms with Crippen molar-refractivity contribution in [3.8, 4) is 0 Å². The van der Waals surface area contributed by atoms with Crippen molar-refractivity contribution in [2.75, 3.05) is 31.6 Å². The van der Waals surface area contributed by atoms with Crippen molar-refractivity contribution >= 4 is 22.7 Å². The van der Waals surface area contributed by atoms with Gasteiger partial charge in [0.1, 0.15) is 11.6 Å². The van der Waals surface area contributed by atoms with E-state index in [9.17, 15) is 4.79 Å². The summed E-state index contributed by atoms with van der Waals surface area (Å²) < 4.78 is 11.1. The van der Waals surface area contributed by atoms with Gasteiger partial charge in [-0.3, -0.25) is 4.79 Å². The molecule has 2 heterocycles. The Morgan fingerprint density at radius 3 is 2.67 bits per heavy atom. The number of fused-ring (bicyclic) bond motifs is 1. The summed E-state index contributed by atoms with van der Waals surface area (Å²) in [4.78, 5) is 18.9. The van der Waals surface area contributed by atoms with Crippen LogP contribution in [-0.2, 0) is 14.9 Å². The van der Waals surface area contributed by atoms with E-state index >= 15 is 0 Å². The van der Waals surface area contributed by atoms with Crippen LogP contribution < -0.4 is 5.32 Å². The fourth-order valence-electron chi connectivity index (χ4n) is 2.71. The lowest BCUT2D eigenvalue weighted by Crippen LogP contribution is -2.46. The van der Waals surface area contributed by atoms with Gasteiger partial charge in [-0.05, 0) is 25.1 Å². The standard InChI is InChI=1S/C18H25N3O3/c1-12(16(22)21-7-9-23-10-8-21)19-13-5-6-15-14(11-13)20-17(24-15)18(2,3)4/h5-6,11-12,19H,7-10H2,1-4H3/t12-/m0/s1. The summed E-state index contributed by atoms with van der Waals surface area (Å²) in [5.41, 5.74) is 2.30. The van der Waals surface area contributed by atoms with Crippen LogP contribution in [0.15, 0.2) is 22.6 Å². The number of hydrogen-bond donors (Lipinski definition) is 1. The number of rotatable bonds is 3. The van der Waals surface area contributed by atoms with E-state index in [1.165, 1.54) is 0 Å². The minimum atomic E-state index is -0.297. The van der Waals surface area contributed by atoms with Gasteiger partial charge in [0.25, 0.3) is 0 Å². The maximum absolute atomic E-state index is 12.5. The summed E-state index contributed by atoms with van der Waals surface area (Å²) >= 11 is 0. The number of aromatic nitrogens is 1. The number of benzene rings is 1. The third kappa shape index (κ3) is 3.53. The monoisotopic (exact) mass is 331 g/mol. The molecule has 2 aromatic rings.